The second kappa shape index (κ2) is 5.25. The number of rotatable bonds is 3. The fourth-order valence-electron chi connectivity index (χ4n) is 2.15. The van der Waals surface area contributed by atoms with E-state index in [0.29, 0.717) is 0 Å². The van der Waals surface area contributed by atoms with Crippen molar-refractivity contribution in [1.82, 2.24) is 15.0 Å². The number of para-hydroxylation sites is 2. The average molecular weight is 264 g/mol. The number of nitrogens with one attached hydrogen (secondary N) is 1. The Kier molecular flexibility index (Phi) is 3.29. The topological polar surface area (TPSA) is 50.7 Å². The SMILES string of the molecule is Cc1nc2ccccc2nc1NC(C)c1cccnc1. The van der Waals surface area contributed by atoms with Crippen LogP contribution in [-0.4, -0.2) is 15.0 Å². The van der Waals surface area contributed by atoms with Crippen LogP contribution in [0.25, 0.3) is 11.0 Å². The van der Waals surface area contributed by atoms with Gasteiger partial charge in [0.1, 0.15) is 5.82 Å². The van der Waals surface area contributed by atoms with Crippen LogP contribution in [0.5, 0.6) is 0 Å². The molecule has 0 aliphatic rings. The first-order valence-corrected chi connectivity index (χ1v) is 6.64. The first-order valence-electron chi connectivity index (χ1n) is 6.64. The third-order valence-electron chi connectivity index (χ3n) is 3.28. The molecule has 100 valence electrons. The molecule has 0 aliphatic carbocycles. The van der Waals surface area contributed by atoms with Gasteiger partial charge in [-0.2, -0.15) is 0 Å². The molecule has 2 heterocycles. The molecule has 0 bridgehead atoms. The molecule has 4 heteroatoms. The molecule has 20 heavy (non-hydrogen) atoms. The lowest BCUT2D eigenvalue weighted by molar-refractivity contribution is 0.862. The van der Waals surface area contributed by atoms with Crippen LogP contribution in [0, 0.1) is 6.92 Å². The Balaban J connectivity index is 1.92. The Morgan fingerprint density at radius 2 is 1.75 bits per heavy atom. The molecule has 3 rings (SSSR count). The lowest BCUT2D eigenvalue weighted by atomic mass is 10.1. The lowest BCUT2D eigenvalue weighted by Crippen LogP contribution is -2.10. The van der Waals surface area contributed by atoms with Crippen LogP contribution in [0.15, 0.2) is 48.8 Å². The molecule has 0 spiro atoms. The highest BCUT2D eigenvalue weighted by molar-refractivity contribution is 5.76. The van der Waals surface area contributed by atoms with E-state index in [1.54, 1.807) is 6.20 Å². The standard InChI is InChI=1S/C16H16N4/c1-11(13-6-5-9-17-10-13)19-16-12(2)18-14-7-3-4-8-15(14)20-16/h3-11H,1-2H3,(H,19,20). The van der Waals surface area contributed by atoms with Crippen molar-refractivity contribution in [1.29, 1.82) is 0 Å². The second-order valence-electron chi connectivity index (χ2n) is 4.80. The van der Waals surface area contributed by atoms with E-state index in [9.17, 15) is 0 Å². The average Bonchev–Trinajstić information content (AvgIpc) is 2.49. The van der Waals surface area contributed by atoms with E-state index in [4.69, 9.17) is 0 Å². The summed E-state index contributed by atoms with van der Waals surface area (Å²) in [6, 6.07) is 12.0. The maximum absolute atomic E-state index is 4.65. The van der Waals surface area contributed by atoms with Gasteiger partial charge in [-0.25, -0.2) is 9.97 Å². The fourth-order valence-corrected chi connectivity index (χ4v) is 2.15. The van der Waals surface area contributed by atoms with Crippen LogP contribution in [0.2, 0.25) is 0 Å². The van der Waals surface area contributed by atoms with Crippen molar-refractivity contribution in [2.45, 2.75) is 19.9 Å². The normalized spacial score (nSPS) is 12.3. The molecule has 0 fully saturated rings. The van der Waals surface area contributed by atoms with E-state index in [0.717, 1.165) is 28.1 Å². The zero-order chi connectivity index (χ0) is 13.9. The molecule has 0 amide bonds. The van der Waals surface area contributed by atoms with E-state index >= 15 is 0 Å². The summed E-state index contributed by atoms with van der Waals surface area (Å²) >= 11 is 0. The molecular formula is C16H16N4. The minimum atomic E-state index is 0.137. The van der Waals surface area contributed by atoms with Gasteiger partial charge in [-0.3, -0.25) is 4.98 Å². The first kappa shape index (κ1) is 12.5. The fraction of sp³-hybridized carbons (Fsp3) is 0.188. The molecule has 1 N–H and O–H groups in total. The van der Waals surface area contributed by atoms with Crippen molar-refractivity contribution in [3.05, 3.63) is 60.0 Å². The summed E-state index contributed by atoms with van der Waals surface area (Å²) in [6.45, 7) is 4.06. The summed E-state index contributed by atoms with van der Waals surface area (Å²) in [7, 11) is 0. The van der Waals surface area contributed by atoms with Crippen LogP contribution >= 0.6 is 0 Å². The molecule has 3 aromatic rings. The number of hydrogen-bond acceptors (Lipinski definition) is 4. The Morgan fingerprint density at radius 3 is 2.45 bits per heavy atom. The summed E-state index contributed by atoms with van der Waals surface area (Å²) in [5, 5.41) is 3.40. The molecule has 2 aromatic heterocycles. The highest BCUT2D eigenvalue weighted by Crippen LogP contribution is 2.21. The summed E-state index contributed by atoms with van der Waals surface area (Å²) < 4.78 is 0. The van der Waals surface area contributed by atoms with Gasteiger partial charge in [-0.15, -0.1) is 0 Å². The minimum absolute atomic E-state index is 0.137. The van der Waals surface area contributed by atoms with Crippen molar-refractivity contribution in [3.63, 3.8) is 0 Å². The van der Waals surface area contributed by atoms with E-state index in [1.807, 2.05) is 43.5 Å². The van der Waals surface area contributed by atoms with Crippen molar-refractivity contribution < 1.29 is 0 Å². The number of anilines is 1. The van der Waals surface area contributed by atoms with E-state index in [2.05, 4.69) is 33.3 Å². The van der Waals surface area contributed by atoms with Gasteiger partial charge in [0.05, 0.1) is 22.8 Å². The number of aryl methyl sites for hydroxylation is 1. The largest absolute Gasteiger partial charge is 0.362 e. The third-order valence-corrected chi connectivity index (χ3v) is 3.28. The summed E-state index contributed by atoms with van der Waals surface area (Å²) in [5.74, 6) is 0.819. The van der Waals surface area contributed by atoms with Crippen molar-refractivity contribution >= 4 is 16.9 Å². The van der Waals surface area contributed by atoms with Crippen LogP contribution in [0.4, 0.5) is 5.82 Å². The van der Waals surface area contributed by atoms with Gasteiger partial charge in [-0.1, -0.05) is 18.2 Å². The second-order valence-corrected chi connectivity index (χ2v) is 4.80. The Hall–Kier alpha value is -2.49. The smallest absolute Gasteiger partial charge is 0.148 e. The summed E-state index contributed by atoms with van der Waals surface area (Å²) in [6.07, 6.45) is 3.64. The van der Waals surface area contributed by atoms with Gasteiger partial charge in [0, 0.05) is 12.4 Å². The molecule has 1 unspecified atom stereocenters. The number of benzene rings is 1. The minimum Gasteiger partial charge on any atom is -0.362 e. The maximum Gasteiger partial charge on any atom is 0.148 e. The van der Waals surface area contributed by atoms with Crippen LogP contribution < -0.4 is 5.32 Å². The van der Waals surface area contributed by atoms with Gasteiger partial charge in [0.2, 0.25) is 0 Å². The number of fused-ring (bicyclic) bond motifs is 1. The zero-order valence-electron chi connectivity index (χ0n) is 11.5. The van der Waals surface area contributed by atoms with E-state index in [-0.39, 0.29) is 6.04 Å². The van der Waals surface area contributed by atoms with Crippen LogP contribution in [-0.2, 0) is 0 Å². The number of hydrogen-bond donors (Lipinski definition) is 1. The van der Waals surface area contributed by atoms with E-state index in [1.165, 1.54) is 0 Å². The first-order chi connectivity index (χ1) is 9.74. The van der Waals surface area contributed by atoms with Crippen molar-refractivity contribution in [2.75, 3.05) is 5.32 Å². The van der Waals surface area contributed by atoms with Gasteiger partial charge < -0.3 is 5.32 Å². The number of nitrogens with zero attached hydrogens (tertiary/aromatic N) is 3. The zero-order valence-corrected chi connectivity index (χ0v) is 11.5. The van der Waals surface area contributed by atoms with Gasteiger partial charge in [-0.05, 0) is 37.6 Å². The number of pyridine rings is 1. The molecule has 0 saturated heterocycles. The highest BCUT2D eigenvalue weighted by Gasteiger charge is 2.09. The molecule has 1 atom stereocenters. The summed E-state index contributed by atoms with van der Waals surface area (Å²) in [4.78, 5) is 13.4. The predicted octanol–water partition coefficient (Wildman–Crippen LogP) is 3.51. The monoisotopic (exact) mass is 264 g/mol. The van der Waals surface area contributed by atoms with Crippen LogP contribution in [0.1, 0.15) is 24.2 Å². The van der Waals surface area contributed by atoms with Gasteiger partial charge >= 0.3 is 0 Å². The van der Waals surface area contributed by atoms with Crippen LogP contribution in [0.3, 0.4) is 0 Å². The van der Waals surface area contributed by atoms with Crippen molar-refractivity contribution in [3.8, 4) is 0 Å². The lowest BCUT2D eigenvalue weighted by Gasteiger charge is -2.16. The number of aromatic nitrogens is 3. The van der Waals surface area contributed by atoms with Gasteiger partial charge in [0.15, 0.2) is 0 Å². The summed E-state index contributed by atoms with van der Waals surface area (Å²) in [5.41, 5.74) is 3.85. The van der Waals surface area contributed by atoms with Gasteiger partial charge in [0.25, 0.3) is 0 Å². The molecule has 4 nitrogen and oxygen atoms in total. The van der Waals surface area contributed by atoms with Crippen molar-refractivity contribution in [2.24, 2.45) is 0 Å². The highest BCUT2D eigenvalue weighted by atomic mass is 15.0. The Labute approximate surface area is 117 Å². The maximum atomic E-state index is 4.65. The van der Waals surface area contributed by atoms with E-state index < -0.39 is 0 Å². The molecule has 0 radical (unpaired) electrons. The molecular weight excluding hydrogens is 248 g/mol. The Morgan fingerprint density at radius 1 is 1.00 bits per heavy atom. The molecule has 1 aromatic carbocycles. The molecule has 0 saturated carbocycles. The molecule has 0 aliphatic heterocycles. The predicted molar refractivity (Wildman–Crippen MR) is 80.5 cm³/mol. The third kappa shape index (κ3) is 2.45. The quantitative estimate of drug-likeness (QED) is 0.786. The Bertz CT molecular complexity index is 725.